The van der Waals surface area contributed by atoms with Gasteiger partial charge in [-0.1, -0.05) is 11.6 Å². The topological polar surface area (TPSA) is 93.1 Å². The van der Waals surface area contributed by atoms with E-state index in [4.69, 9.17) is 14.6 Å². The largest absolute Gasteiger partial charge is 0.491 e. The van der Waals surface area contributed by atoms with Crippen LogP contribution in [0, 0.1) is 6.92 Å². The molecule has 8 heteroatoms. The average molecular weight is 460 g/mol. The van der Waals surface area contributed by atoms with E-state index < -0.39 is 16.0 Å². The van der Waals surface area contributed by atoms with E-state index in [0.29, 0.717) is 43.0 Å². The van der Waals surface area contributed by atoms with Crippen LogP contribution in [-0.4, -0.2) is 49.1 Å². The van der Waals surface area contributed by atoms with Crippen molar-refractivity contribution in [2.75, 3.05) is 13.1 Å². The zero-order chi connectivity index (χ0) is 23.3. The standard InChI is InChI=1S/C24H29NO6S/c1-17(2)30-20-6-8-22(9-7-20)32(28,29)25-14-12-21(13-15-25)31-23-10-4-18(3)16-19(23)5-11-24(26)27/h4-11,16-17,21H,12-15H2,1-3H3,(H,26,27)/b11-5+. The van der Waals surface area contributed by atoms with E-state index in [1.165, 1.54) is 10.4 Å². The molecule has 0 saturated carbocycles. The second-order valence-electron chi connectivity index (χ2n) is 8.07. The Balaban J connectivity index is 1.64. The maximum atomic E-state index is 13.0. The molecule has 3 rings (SSSR count). The van der Waals surface area contributed by atoms with Crippen LogP contribution in [0.4, 0.5) is 0 Å². The summed E-state index contributed by atoms with van der Waals surface area (Å²) in [6.45, 7) is 6.46. The zero-order valence-corrected chi connectivity index (χ0v) is 19.3. The Hall–Kier alpha value is -2.84. The van der Waals surface area contributed by atoms with Gasteiger partial charge in [0.1, 0.15) is 17.6 Å². The van der Waals surface area contributed by atoms with Crippen molar-refractivity contribution >= 4 is 22.1 Å². The molecule has 7 nitrogen and oxygen atoms in total. The molecule has 1 aliphatic rings. The van der Waals surface area contributed by atoms with Gasteiger partial charge in [-0.15, -0.1) is 0 Å². The summed E-state index contributed by atoms with van der Waals surface area (Å²) in [6, 6.07) is 12.1. The van der Waals surface area contributed by atoms with Crippen LogP contribution in [0.1, 0.15) is 37.8 Å². The van der Waals surface area contributed by atoms with Crippen LogP contribution < -0.4 is 9.47 Å². The van der Waals surface area contributed by atoms with E-state index in [1.54, 1.807) is 24.3 Å². The van der Waals surface area contributed by atoms with Crippen molar-refractivity contribution < 1.29 is 27.8 Å². The Morgan fingerprint density at radius 3 is 2.38 bits per heavy atom. The molecule has 1 N–H and O–H groups in total. The minimum Gasteiger partial charge on any atom is -0.491 e. The number of hydrogen-bond acceptors (Lipinski definition) is 5. The molecule has 32 heavy (non-hydrogen) atoms. The molecule has 0 radical (unpaired) electrons. The summed E-state index contributed by atoms with van der Waals surface area (Å²) in [5, 5.41) is 8.91. The first-order valence-corrected chi connectivity index (χ1v) is 12.0. The third-order valence-electron chi connectivity index (χ3n) is 5.10. The van der Waals surface area contributed by atoms with E-state index >= 15 is 0 Å². The first-order chi connectivity index (χ1) is 15.1. The van der Waals surface area contributed by atoms with Gasteiger partial charge in [-0.3, -0.25) is 0 Å². The maximum absolute atomic E-state index is 13.0. The van der Waals surface area contributed by atoms with E-state index in [-0.39, 0.29) is 17.1 Å². The van der Waals surface area contributed by atoms with Gasteiger partial charge in [0.05, 0.1) is 11.0 Å². The van der Waals surface area contributed by atoms with E-state index in [1.807, 2.05) is 39.0 Å². The lowest BCUT2D eigenvalue weighted by molar-refractivity contribution is -0.131. The molecule has 172 valence electrons. The lowest BCUT2D eigenvalue weighted by Gasteiger charge is -2.31. The summed E-state index contributed by atoms with van der Waals surface area (Å²) in [5.74, 6) is 0.201. The highest BCUT2D eigenvalue weighted by atomic mass is 32.2. The van der Waals surface area contributed by atoms with E-state index in [0.717, 1.165) is 11.6 Å². The van der Waals surface area contributed by atoms with Gasteiger partial charge in [0.15, 0.2) is 0 Å². The molecule has 1 heterocycles. The molecule has 1 saturated heterocycles. The lowest BCUT2D eigenvalue weighted by Crippen LogP contribution is -2.41. The van der Waals surface area contributed by atoms with Crippen molar-refractivity contribution in [2.45, 2.75) is 50.7 Å². The molecule has 2 aromatic rings. The molecule has 0 unspecified atom stereocenters. The molecule has 0 spiro atoms. The van der Waals surface area contributed by atoms with Gasteiger partial charge in [0.2, 0.25) is 10.0 Å². The molecule has 0 atom stereocenters. The van der Waals surface area contributed by atoms with E-state index in [2.05, 4.69) is 0 Å². The summed E-state index contributed by atoms with van der Waals surface area (Å²) in [5.41, 5.74) is 1.68. The molecular weight excluding hydrogens is 430 g/mol. The average Bonchev–Trinajstić information content (AvgIpc) is 2.74. The third kappa shape index (κ3) is 6.11. The normalized spacial score (nSPS) is 15.9. The van der Waals surface area contributed by atoms with Crippen LogP contribution >= 0.6 is 0 Å². The van der Waals surface area contributed by atoms with Gasteiger partial charge < -0.3 is 14.6 Å². The molecule has 0 amide bonds. The van der Waals surface area contributed by atoms with Crippen molar-refractivity contribution in [3.63, 3.8) is 0 Å². The van der Waals surface area contributed by atoms with Crippen molar-refractivity contribution in [2.24, 2.45) is 0 Å². The number of rotatable bonds is 8. The number of carboxylic acid groups (broad SMARTS) is 1. The van der Waals surface area contributed by atoms with Crippen molar-refractivity contribution in [1.82, 2.24) is 4.31 Å². The fourth-order valence-corrected chi connectivity index (χ4v) is 5.02. The summed E-state index contributed by atoms with van der Waals surface area (Å²) in [6.07, 6.45) is 3.55. The highest BCUT2D eigenvalue weighted by molar-refractivity contribution is 7.89. The minimum atomic E-state index is -3.59. The van der Waals surface area contributed by atoms with Crippen LogP contribution in [0.15, 0.2) is 53.4 Å². The van der Waals surface area contributed by atoms with Gasteiger partial charge in [-0.2, -0.15) is 4.31 Å². The number of carboxylic acids is 1. The number of carbonyl (C=O) groups is 1. The van der Waals surface area contributed by atoms with Gasteiger partial charge in [0.25, 0.3) is 0 Å². The number of piperidine rings is 1. The maximum Gasteiger partial charge on any atom is 0.328 e. The number of benzene rings is 2. The van der Waals surface area contributed by atoms with Crippen LogP contribution in [0.25, 0.3) is 6.08 Å². The Kier molecular flexibility index (Phi) is 7.58. The van der Waals surface area contributed by atoms with Gasteiger partial charge in [-0.25, -0.2) is 13.2 Å². The molecular formula is C24H29NO6S. The number of hydrogen-bond donors (Lipinski definition) is 1. The summed E-state index contributed by atoms with van der Waals surface area (Å²) < 4.78 is 39.2. The molecule has 0 aliphatic carbocycles. The first kappa shape index (κ1) is 23.8. The molecule has 0 aromatic heterocycles. The Bertz CT molecular complexity index is 1070. The minimum absolute atomic E-state index is 0.0187. The second kappa shape index (κ2) is 10.2. The molecule has 0 bridgehead atoms. The van der Waals surface area contributed by atoms with Crippen molar-refractivity contribution in [3.8, 4) is 11.5 Å². The lowest BCUT2D eigenvalue weighted by atomic mass is 10.1. The number of aryl methyl sites for hydroxylation is 1. The molecule has 1 fully saturated rings. The zero-order valence-electron chi connectivity index (χ0n) is 18.5. The van der Waals surface area contributed by atoms with Crippen LogP contribution in [0.2, 0.25) is 0 Å². The number of sulfonamides is 1. The summed E-state index contributed by atoms with van der Waals surface area (Å²) in [7, 11) is -3.59. The highest BCUT2D eigenvalue weighted by Crippen LogP contribution is 2.28. The first-order valence-electron chi connectivity index (χ1n) is 10.6. The van der Waals surface area contributed by atoms with Crippen LogP contribution in [-0.2, 0) is 14.8 Å². The Labute approximate surface area is 189 Å². The number of nitrogens with zero attached hydrogens (tertiary/aromatic N) is 1. The van der Waals surface area contributed by atoms with Crippen molar-refractivity contribution in [1.29, 1.82) is 0 Å². The van der Waals surface area contributed by atoms with Crippen molar-refractivity contribution in [3.05, 3.63) is 59.7 Å². The summed E-state index contributed by atoms with van der Waals surface area (Å²) in [4.78, 5) is 11.1. The Morgan fingerprint density at radius 1 is 1.12 bits per heavy atom. The SMILES string of the molecule is Cc1ccc(OC2CCN(S(=O)(=O)c3ccc(OC(C)C)cc3)CC2)c(/C=C/C(=O)O)c1. The smallest absolute Gasteiger partial charge is 0.328 e. The molecule has 1 aliphatic heterocycles. The monoisotopic (exact) mass is 459 g/mol. The fourth-order valence-electron chi connectivity index (χ4n) is 3.55. The van der Waals surface area contributed by atoms with Gasteiger partial charge in [-0.05, 0) is 76.1 Å². The highest BCUT2D eigenvalue weighted by Gasteiger charge is 2.30. The fraction of sp³-hybridized carbons (Fsp3) is 0.375. The second-order valence-corrected chi connectivity index (χ2v) is 10.0. The molecule has 2 aromatic carbocycles. The number of ether oxygens (including phenoxy) is 2. The van der Waals surface area contributed by atoms with Crippen LogP contribution in [0.5, 0.6) is 11.5 Å². The van der Waals surface area contributed by atoms with Gasteiger partial charge in [0, 0.05) is 24.7 Å². The van der Waals surface area contributed by atoms with Gasteiger partial charge >= 0.3 is 5.97 Å². The third-order valence-corrected chi connectivity index (χ3v) is 7.01. The van der Waals surface area contributed by atoms with E-state index in [9.17, 15) is 13.2 Å². The predicted molar refractivity (Wildman–Crippen MR) is 122 cm³/mol. The number of aliphatic carboxylic acids is 1. The summed E-state index contributed by atoms with van der Waals surface area (Å²) >= 11 is 0. The predicted octanol–water partition coefficient (Wildman–Crippen LogP) is 4.11. The Morgan fingerprint density at radius 2 is 1.78 bits per heavy atom. The quantitative estimate of drug-likeness (QED) is 0.597. The van der Waals surface area contributed by atoms with Crippen LogP contribution in [0.3, 0.4) is 0 Å².